The zero-order valence-electron chi connectivity index (χ0n) is 9.67. The van der Waals surface area contributed by atoms with Crippen LogP contribution in [-0.4, -0.2) is 34.4 Å². The largest absolute Gasteiger partial charge is 0.481 e. The Hall–Kier alpha value is -0.650. The van der Waals surface area contributed by atoms with Crippen molar-refractivity contribution in [2.24, 2.45) is 23.3 Å². The van der Waals surface area contributed by atoms with Gasteiger partial charge >= 0.3 is 5.97 Å². The highest BCUT2D eigenvalue weighted by Gasteiger charge is 2.46. The van der Waals surface area contributed by atoms with Crippen molar-refractivity contribution in [1.82, 2.24) is 0 Å². The second kappa shape index (κ2) is 5.61. The molecule has 1 aliphatic carbocycles. The first-order valence-electron chi connectivity index (χ1n) is 5.91. The van der Waals surface area contributed by atoms with Crippen LogP contribution in [0.3, 0.4) is 0 Å². The average molecular weight is 230 g/mol. The summed E-state index contributed by atoms with van der Waals surface area (Å²) in [6.07, 6.45) is 2.22. The Bertz CT molecular complexity index is 247. The Labute approximate surface area is 95.8 Å². The van der Waals surface area contributed by atoms with Gasteiger partial charge in [-0.05, 0) is 12.8 Å². The van der Waals surface area contributed by atoms with Gasteiger partial charge in [-0.2, -0.15) is 0 Å². The molecular weight excluding hydrogens is 208 g/mol. The lowest BCUT2D eigenvalue weighted by atomic mass is 9.89. The highest BCUT2D eigenvalue weighted by atomic mass is 16.4. The zero-order valence-corrected chi connectivity index (χ0v) is 9.67. The van der Waals surface area contributed by atoms with Gasteiger partial charge in [-0.25, -0.2) is 0 Å². The monoisotopic (exact) mass is 230 g/mol. The standard InChI is InChI=1S/C11H22N2O3/c1-2-3-4-7(12)9-8(13)5-6(10(9)14)11(15)16/h6-10,14H,2-5,12-13H2,1H3,(H,15,16). The van der Waals surface area contributed by atoms with Gasteiger partial charge in [0, 0.05) is 18.0 Å². The van der Waals surface area contributed by atoms with Crippen LogP contribution in [0.5, 0.6) is 0 Å². The Morgan fingerprint density at radius 1 is 1.56 bits per heavy atom. The molecule has 1 fully saturated rings. The first kappa shape index (κ1) is 13.4. The fraction of sp³-hybridized carbons (Fsp3) is 0.909. The van der Waals surface area contributed by atoms with Crippen LogP contribution in [0.1, 0.15) is 32.6 Å². The number of aliphatic carboxylic acids is 1. The maximum absolute atomic E-state index is 10.9. The first-order chi connectivity index (χ1) is 7.49. The summed E-state index contributed by atoms with van der Waals surface area (Å²) in [4.78, 5) is 10.9. The molecule has 5 heteroatoms. The third-order valence-corrected chi connectivity index (χ3v) is 3.53. The molecule has 5 unspecified atom stereocenters. The second-order valence-electron chi connectivity index (χ2n) is 4.72. The molecule has 5 atom stereocenters. The van der Waals surface area contributed by atoms with Crippen molar-refractivity contribution >= 4 is 5.97 Å². The van der Waals surface area contributed by atoms with Crippen molar-refractivity contribution < 1.29 is 15.0 Å². The van der Waals surface area contributed by atoms with E-state index >= 15 is 0 Å². The van der Waals surface area contributed by atoms with E-state index < -0.39 is 18.0 Å². The molecule has 6 N–H and O–H groups in total. The molecule has 1 aliphatic rings. The van der Waals surface area contributed by atoms with Crippen LogP contribution >= 0.6 is 0 Å². The topological polar surface area (TPSA) is 110 Å². The van der Waals surface area contributed by atoms with Gasteiger partial charge in [0.05, 0.1) is 12.0 Å². The molecule has 0 saturated heterocycles. The normalized spacial score (nSPS) is 36.2. The minimum absolute atomic E-state index is 0.200. The number of rotatable bonds is 5. The number of carboxylic acids is 1. The van der Waals surface area contributed by atoms with E-state index in [0.29, 0.717) is 6.42 Å². The van der Waals surface area contributed by atoms with Crippen molar-refractivity contribution in [1.29, 1.82) is 0 Å². The third-order valence-electron chi connectivity index (χ3n) is 3.53. The first-order valence-corrected chi connectivity index (χ1v) is 5.91. The fourth-order valence-electron chi connectivity index (χ4n) is 2.56. The molecule has 0 heterocycles. The number of aliphatic hydroxyl groups excluding tert-OH is 1. The number of carboxylic acid groups (broad SMARTS) is 1. The van der Waals surface area contributed by atoms with Gasteiger partial charge in [-0.15, -0.1) is 0 Å². The number of unbranched alkanes of at least 4 members (excludes halogenated alkanes) is 1. The van der Waals surface area contributed by atoms with E-state index in [1.807, 2.05) is 0 Å². The fourth-order valence-corrected chi connectivity index (χ4v) is 2.56. The van der Waals surface area contributed by atoms with Gasteiger partial charge in [0.25, 0.3) is 0 Å². The molecule has 0 spiro atoms. The van der Waals surface area contributed by atoms with Crippen molar-refractivity contribution in [2.45, 2.75) is 50.8 Å². The van der Waals surface area contributed by atoms with Crippen LogP contribution in [0, 0.1) is 11.8 Å². The van der Waals surface area contributed by atoms with Gasteiger partial charge in [0.1, 0.15) is 0 Å². The van der Waals surface area contributed by atoms with Crippen molar-refractivity contribution in [3.63, 3.8) is 0 Å². The Morgan fingerprint density at radius 3 is 2.62 bits per heavy atom. The Kier molecular flexibility index (Phi) is 4.70. The molecule has 0 bridgehead atoms. The smallest absolute Gasteiger partial charge is 0.309 e. The summed E-state index contributed by atoms with van der Waals surface area (Å²) in [6.45, 7) is 2.07. The molecule has 0 aromatic heterocycles. The zero-order chi connectivity index (χ0) is 12.3. The molecule has 0 aromatic rings. The SMILES string of the molecule is CCCCC(N)C1C(N)CC(C(=O)O)C1O. The van der Waals surface area contributed by atoms with Crippen LogP contribution in [0.4, 0.5) is 0 Å². The lowest BCUT2D eigenvalue weighted by Crippen LogP contribution is -2.44. The Morgan fingerprint density at radius 2 is 2.19 bits per heavy atom. The van der Waals surface area contributed by atoms with E-state index in [9.17, 15) is 9.90 Å². The van der Waals surface area contributed by atoms with Crippen molar-refractivity contribution in [3.05, 3.63) is 0 Å². The highest BCUT2D eigenvalue weighted by Crippen LogP contribution is 2.33. The molecule has 0 amide bonds. The maximum Gasteiger partial charge on any atom is 0.309 e. The van der Waals surface area contributed by atoms with E-state index in [-0.39, 0.29) is 18.0 Å². The van der Waals surface area contributed by atoms with Crippen LogP contribution in [0.2, 0.25) is 0 Å². The summed E-state index contributed by atoms with van der Waals surface area (Å²) < 4.78 is 0. The van der Waals surface area contributed by atoms with E-state index in [1.54, 1.807) is 0 Å². The number of nitrogens with two attached hydrogens (primary N) is 2. The van der Waals surface area contributed by atoms with Crippen LogP contribution in [0.25, 0.3) is 0 Å². The number of hydrogen-bond donors (Lipinski definition) is 4. The maximum atomic E-state index is 10.9. The molecule has 1 rings (SSSR count). The Balaban J connectivity index is 2.62. The molecule has 5 nitrogen and oxygen atoms in total. The van der Waals surface area contributed by atoms with E-state index in [1.165, 1.54) is 0 Å². The number of hydrogen-bond acceptors (Lipinski definition) is 4. The lowest BCUT2D eigenvalue weighted by molar-refractivity contribution is -0.145. The highest BCUT2D eigenvalue weighted by molar-refractivity contribution is 5.71. The summed E-state index contributed by atoms with van der Waals surface area (Å²) in [5, 5.41) is 18.8. The molecular formula is C11H22N2O3. The van der Waals surface area contributed by atoms with Crippen molar-refractivity contribution in [2.75, 3.05) is 0 Å². The van der Waals surface area contributed by atoms with Gasteiger partial charge < -0.3 is 21.7 Å². The van der Waals surface area contributed by atoms with E-state index in [0.717, 1.165) is 19.3 Å². The van der Waals surface area contributed by atoms with Crippen LogP contribution < -0.4 is 11.5 Å². The molecule has 1 saturated carbocycles. The van der Waals surface area contributed by atoms with Gasteiger partial charge in [-0.1, -0.05) is 19.8 Å². The third kappa shape index (κ3) is 2.72. The predicted octanol–water partition coefficient (Wildman–Crippen LogP) is -0.0872. The number of carbonyl (C=O) groups is 1. The average Bonchev–Trinajstić information content (AvgIpc) is 2.51. The van der Waals surface area contributed by atoms with E-state index in [4.69, 9.17) is 16.6 Å². The minimum Gasteiger partial charge on any atom is -0.481 e. The second-order valence-corrected chi connectivity index (χ2v) is 4.72. The van der Waals surface area contributed by atoms with Crippen molar-refractivity contribution in [3.8, 4) is 0 Å². The molecule has 94 valence electrons. The molecule has 16 heavy (non-hydrogen) atoms. The summed E-state index contributed by atoms with van der Waals surface area (Å²) in [5.41, 5.74) is 11.8. The van der Waals surface area contributed by atoms with E-state index in [2.05, 4.69) is 6.92 Å². The van der Waals surface area contributed by atoms with Gasteiger partial charge in [0.2, 0.25) is 0 Å². The predicted molar refractivity (Wildman–Crippen MR) is 60.7 cm³/mol. The molecule has 0 aliphatic heterocycles. The van der Waals surface area contributed by atoms with Gasteiger partial charge in [0.15, 0.2) is 0 Å². The minimum atomic E-state index is -0.979. The molecule has 0 aromatic carbocycles. The summed E-state index contributed by atoms with van der Waals surface area (Å²) in [5.74, 6) is -2.02. The summed E-state index contributed by atoms with van der Waals surface area (Å²) in [7, 11) is 0. The summed E-state index contributed by atoms with van der Waals surface area (Å²) >= 11 is 0. The van der Waals surface area contributed by atoms with Gasteiger partial charge in [-0.3, -0.25) is 4.79 Å². The molecule has 0 radical (unpaired) electrons. The number of aliphatic hydroxyl groups is 1. The lowest BCUT2D eigenvalue weighted by Gasteiger charge is -2.26. The quantitative estimate of drug-likeness (QED) is 0.528. The van der Waals surface area contributed by atoms with Crippen LogP contribution in [-0.2, 0) is 4.79 Å². The summed E-state index contributed by atoms with van der Waals surface area (Å²) in [6, 6.07) is -0.503. The van der Waals surface area contributed by atoms with Crippen LogP contribution in [0.15, 0.2) is 0 Å².